The number of aryl methyl sites for hydroxylation is 1. The molecule has 2 rings (SSSR count). The lowest BCUT2D eigenvalue weighted by molar-refractivity contribution is -0.116. The molecule has 1 aromatic carbocycles. The van der Waals surface area contributed by atoms with Crippen molar-refractivity contribution in [3.63, 3.8) is 0 Å². The minimum absolute atomic E-state index is 0.0852. The highest BCUT2D eigenvalue weighted by molar-refractivity contribution is 7.94. The molecule has 1 atom stereocenters. The zero-order valence-corrected chi connectivity index (χ0v) is 12.2. The van der Waals surface area contributed by atoms with Crippen molar-refractivity contribution in [2.75, 3.05) is 10.7 Å². The zero-order chi connectivity index (χ0) is 14.2. The van der Waals surface area contributed by atoms with Gasteiger partial charge >= 0.3 is 0 Å². The minimum Gasteiger partial charge on any atom is -0.305 e. The molecule has 1 heterocycles. The summed E-state index contributed by atoms with van der Waals surface area (Å²) in [7, 11) is -3.21. The Morgan fingerprint density at radius 1 is 1.42 bits per heavy atom. The molecule has 0 N–H and O–H groups in total. The lowest BCUT2D eigenvalue weighted by Crippen LogP contribution is -2.39. The van der Waals surface area contributed by atoms with E-state index in [4.69, 9.17) is 11.6 Å². The van der Waals surface area contributed by atoms with E-state index >= 15 is 0 Å². The average Bonchev–Trinajstić information content (AvgIpc) is 2.64. The summed E-state index contributed by atoms with van der Waals surface area (Å²) in [5.74, 6) is -0.301. The Balaban J connectivity index is 2.39. The van der Waals surface area contributed by atoms with Crippen LogP contribution < -0.4 is 4.90 Å². The van der Waals surface area contributed by atoms with Gasteiger partial charge in [0.15, 0.2) is 9.84 Å². The first-order valence-electron chi connectivity index (χ1n) is 5.77. The van der Waals surface area contributed by atoms with Crippen molar-refractivity contribution in [3.05, 3.63) is 40.3 Å². The summed E-state index contributed by atoms with van der Waals surface area (Å²) in [6.45, 7) is 3.27. The van der Waals surface area contributed by atoms with Crippen molar-refractivity contribution in [3.8, 4) is 0 Å². The largest absolute Gasteiger partial charge is 0.305 e. The number of carbonyl (C=O) groups excluding carboxylic acids is 1. The Kier molecular flexibility index (Phi) is 3.69. The van der Waals surface area contributed by atoms with E-state index in [2.05, 4.69) is 0 Å². The van der Waals surface area contributed by atoms with Crippen LogP contribution in [0.2, 0.25) is 5.02 Å². The third-order valence-electron chi connectivity index (χ3n) is 3.02. The molecule has 0 fully saturated rings. The number of hydrogen-bond acceptors (Lipinski definition) is 3. The number of sulfone groups is 1. The topological polar surface area (TPSA) is 54.5 Å². The first-order chi connectivity index (χ1) is 8.80. The van der Waals surface area contributed by atoms with E-state index in [0.717, 1.165) is 11.0 Å². The summed E-state index contributed by atoms with van der Waals surface area (Å²) >= 11 is 6.05. The number of carbonyl (C=O) groups is 1. The van der Waals surface area contributed by atoms with Crippen molar-refractivity contribution in [2.24, 2.45) is 0 Å². The van der Waals surface area contributed by atoms with Gasteiger partial charge in [0, 0.05) is 23.0 Å². The molecule has 0 saturated carbocycles. The third kappa shape index (κ3) is 2.98. The standard InChI is InChI=1S/C13H14ClNO3S/c1-9-3-4-11(7-13(9)14)15(10(2)16)12-5-6-19(17,18)8-12/h3-7,12H,8H2,1-2H3. The predicted molar refractivity (Wildman–Crippen MR) is 76.1 cm³/mol. The van der Waals surface area contributed by atoms with Crippen molar-refractivity contribution < 1.29 is 13.2 Å². The molecule has 1 aliphatic heterocycles. The lowest BCUT2D eigenvalue weighted by atomic mass is 10.1. The van der Waals surface area contributed by atoms with Gasteiger partial charge in [0.1, 0.15) is 0 Å². The summed E-state index contributed by atoms with van der Waals surface area (Å²) in [5, 5.41) is 1.71. The number of benzene rings is 1. The fourth-order valence-electron chi connectivity index (χ4n) is 2.06. The van der Waals surface area contributed by atoms with Crippen LogP contribution in [0.1, 0.15) is 12.5 Å². The van der Waals surface area contributed by atoms with Crippen molar-refractivity contribution >= 4 is 33.0 Å². The van der Waals surface area contributed by atoms with Gasteiger partial charge in [-0.2, -0.15) is 0 Å². The van der Waals surface area contributed by atoms with Gasteiger partial charge < -0.3 is 4.90 Å². The van der Waals surface area contributed by atoms with Crippen LogP contribution in [0.3, 0.4) is 0 Å². The normalized spacial score (nSPS) is 20.5. The minimum atomic E-state index is -3.21. The van der Waals surface area contributed by atoms with Crippen molar-refractivity contribution in [2.45, 2.75) is 19.9 Å². The maximum absolute atomic E-state index is 11.8. The number of anilines is 1. The molecule has 4 nitrogen and oxygen atoms in total. The maximum atomic E-state index is 11.8. The fraction of sp³-hybridized carbons (Fsp3) is 0.308. The molecule has 0 saturated heterocycles. The lowest BCUT2D eigenvalue weighted by Gasteiger charge is -2.26. The second-order valence-electron chi connectivity index (χ2n) is 4.55. The highest BCUT2D eigenvalue weighted by Crippen LogP contribution is 2.27. The Labute approximate surface area is 117 Å². The molecule has 1 aliphatic rings. The van der Waals surface area contributed by atoms with Gasteiger partial charge in [-0.3, -0.25) is 4.79 Å². The quantitative estimate of drug-likeness (QED) is 0.842. The van der Waals surface area contributed by atoms with Gasteiger partial charge in [-0.15, -0.1) is 0 Å². The molecular weight excluding hydrogens is 286 g/mol. The van der Waals surface area contributed by atoms with E-state index in [1.807, 2.05) is 6.92 Å². The van der Waals surface area contributed by atoms with Crippen LogP contribution >= 0.6 is 11.6 Å². The average molecular weight is 300 g/mol. The summed E-state index contributed by atoms with van der Waals surface area (Å²) < 4.78 is 22.9. The van der Waals surface area contributed by atoms with E-state index < -0.39 is 15.9 Å². The summed E-state index contributed by atoms with van der Waals surface area (Å²) in [6.07, 6.45) is 1.53. The summed E-state index contributed by atoms with van der Waals surface area (Å²) in [5.41, 5.74) is 1.51. The Bertz CT molecular complexity index is 652. The van der Waals surface area contributed by atoms with Crippen LogP contribution in [0, 0.1) is 6.92 Å². The van der Waals surface area contributed by atoms with Gasteiger partial charge in [-0.25, -0.2) is 8.42 Å². The molecule has 0 spiro atoms. The first-order valence-corrected chi connectivity index (χ1v) is 7.86. The van der Waals surface area contributed by atoms with E-state index in [-0.39, 0.29) is 11.7 Å². The number of nitrogens with zero attached hydrogens (tertiary/aromatic N) is 1. The summed E-state index contributed by atoms with van der Waals surface area (Å²) in [6, 6.07) is 4.78. The number of amides is 1. The van der Waals surface area contributed by atoms with E-state index in [9.17, 15) is 13.2 Å². The molecule has 1 amide bonds. The molecular formula is C13H14ClNO3S. The van der Waals surface area contributed by atoms with Crippen LogP contribution in [0.4, 0.5) is 5.69 Å². The molecule has 102 valence electrons. The van der Waals surface area contributed by atoms with Gasteiger partial charge in [0.2, 0.25) is 5.91 Å². The Hall–Kier alpha value is -1.33. The maximum Gasteiger partial charge on any atom is 0.224 e. The summed E-state index contributed by atoms with van der Waals surface area (Å²) in [4.78, 5) is 13.2. The van der Waals surface area contributed by atoms with Crippen LogP contribution in [-0.2, 0) is 14.6 Å². The van der Waals surface area contributed by atoms with Gasteiger partial charge in [-0.1, -0.05) is 17.7 Å². The second kappa shape index (κ2) is 4.98. The highest BCUT2D eigenvalue weighted by Gasteiger charge is 2.29. The van der Waals surface area contributed by atoms with Gasteiger partial charge in [0.25, 0.3) is 0 Å². The highest BCUT2D eigenvalue weighted by atomic mass is 35.5. The Morgan fingerprint density at radius 3 is 2.58 bits per heavy atom. The molecule has 0 radical (unpaired) electrons. The van der Waals surface area contributed by atoms with E-state index in [1.165, 1.54) is 17.9 Å². The van der Waals surface area contributed by atoms with Crippen molar-refractivity contribution in [1.29, 1.82) is 0 Å². The van der Waals surface area contributed by atoms with E-state index in [0.29, 0.717) is 10.7 Å². The molecule has 1 aromatic rings. The van der Waals surface area contributed by atoms with Gasteiger partial charge in [0.05, 0.1) is 11.8 Å². The number of halogens is 1. The zero-order valence-electron chi connectivity index (χ0n) is 10.6. The molecule has 19 heavy (non-hydrogen) atoms. The molecule has 0 aromatic heterocycles. The van der Waals surface area contributed by atoms with Crippen LogP contribution in [0.25, 0.3) is 0 Å². The van der Waals surface area contributed by atoms with Crippen LogP contribution in [0.5, 0.6) is 0 Å². The molecule has 0 aliphatic carbocycles. The Morgan fingerprint density at radius 2 is 2.11 bits per heavy atom. The first kappa shape index (κ1) is 14.1. The molecule has 6 heteroatoms. The molecule has 1 unspecified atom stereocenters. The second-order valence-corrected chi connectivity index (χ2v) is 6.89. The molecule has 0 bridgehead atoms. The van der Waals surface area contributed by atoms with Gasteiger partial charge in [-0.05, 0) is 30.7 Å². The number of rotatable bonds is 2. The third-order valence-corrected chi connectivity index (χ3v) is 4.80. The van der Waals surface area contributed by atoms with Crippen molar-refractivity contribution in [1.82, 2.24) is 0 Å². The SMILES string of the molecule is CC(=O)N(c1ccc(C)c(Cl)c1)C1C=CS(=O)(=O)C1. The monoisotopic (exact) mass is 299 g/mol. The number of hydrogen-bond donors (Lipinski definition) is 0. The predicted octanol–water partition coefficient (Wildman–Crippen LogP) is 2.31. The van der Waals surface area contributed by atoms with E-state index in [1.54, 1.807) is 18.2 Å². The fourth-order valence-corrected chi connectivity index (χ4v) is 3.50. The van der Waals surface area contributed by atoms with Crippen LogP contribution in [-0.4, -0.2) is 26.1 Å². The smallest absolute Gasteiger partial charge is 0.224 e. The van der Waals surface area contributed by atoms with Crippen LogP contribution in [0.15, 0.2) is 29.7 Å².